The van der Waals surface area contributed by atoms with Gasteiger partial charge in [-0.05, 0) is 24.3 Å². The fourth-order valence-electron chi connectivity index (χ4n) is 1.88. The second-order valence-corrected chi connectivity index (χ2v) is 4.43. The van der Waals surface area contributed by atoms with Crippen LogP contribution in [0.4, 0.5) is 0 Å². The fourth-order valence-corrected chi connectivity index (χ4v) is 1.88. The van der Waals surface area contributed by atoms with E-state index < -0.39 is 5.60 Å². The van der Waals surface area contributed by atoms with Gasteiger partial charge in [0.1, 0.15) is 17.1 Å². The molecule has 2 heterocycles. The van der Waals surface area contributed by atoms with Crippen LogP contribution in [0.2, 0.25) is 0 Å². The van der Waals surface area contributed by atoms with Crippen LogP contribution >= 0.6 is 0 Å². The van der Waals surface area contributed by atoms with Gasteiger partial charge in [-0.15, -0.1) is 0 Å². The molecule has 1 saturated heterocycles. The Morgan fingerprint density at radius 3 is 2.39 bits per heavy atom. The second kappa shape index (κ2) is 4.40. The molecule has 0 bridgehead atoms. The van der Waals surface area contributed by atoms with E-state index >= 15 is 0 Å². The molecular weight excluding hydrogens is 228 g/mol. The van der Waals surface area contributed by atoms with Crippen LogP contribution < -0.4 is 10.1 Å². The molecule has 2 aromatic rings. The van der Waals surface area contributed by atoms with E-state index in [2.05, 4.69) is 10.3 Å². The molecule has 1 fully saturated rings. The summed E-state index contributed by atoms with van der Waals surface area (Å²) in [4.78, 5) is 4.25. The number of β-amino-alcohol motifs (C(OH)–C–C–N with tert-alkyl or cyclic N) is 1. The zero-order valence-corrected chi connectivity index (χ0v) is 9.84. The van der Waals surface area contributed by atoms with Crippen molar-refractivity contribution < 1.29 is 9.84 Å². The molecule has 0 aliphatic carbocycles. The SMILES string of the molecule is OC1(c2ccc(Oc3ccccc3)cn2)CNC1. The summed E-state index contributed by atoms with van der Waals surface area (Å²) in [5.74, 6) is 1.44. The zero-order valence-electron chi connectivity index (χ0n) is 9.84. The third kappa shape index (κ3) is 2.08. The first kappa shape index (κ1) is 11.2. The maximum atomic E-state index is 10.1. The minimum absolute atomic E-state index is 0.554. The van der Waals surface area contributed by atoms with Gasteiger partial charge in [-0.3, -0.25) is 4.98 Å². The summed E-state index contributed by atoms with van der Waals surface area (Å²) >= 11 is 0. The molecule has 0 radical (unpaired) electrons. The number of nitrogens with zero attached hydrogens (tertiary/aromatic N) is 1. The number of para-hydroxylation sites is 1. The fraction of sp³-hybridized carbons (Fsp3) is 0.214. The van der Waals surface area contributed by atoms with Crippen LogP contribution in [0.25, 0.3) is 0 Å². The minimum Gasteiger partial charge on any atom is -0.456 e. The van der Waals surface area contributed by atoms with Gasteiger partial charge in [-0.2, -0.15) is 0 Å². The Labute approximate surface area is 105 Å². The van der Waals surface area contributed by atoms with Crippen molar-refractivity contribution in [3.63, 3.8) is 0 Å². The molecule has 0 atom stereocenters. The summed E-state index contributed by atoms with van der Waals surface area (Å²) in [5, 5.41) is 13.1. The van der Waals surface area contributed by atoms with Crippen molar-refractivity contribution in [3.8, 4) is 11.5 Å². The van der Waals surface area contributed by atoms with E-state index in [-0.39, 0.29) is 0 Å². The second-order valence-electron chi connectivity index (χ2n) is 4.43. The van der Waals surface area contributed by atoms with Gasteiger partial charge < -0.3 is 15.2 Å². The van der Waals surface area contributed by atoms with Crippen molar-refractivity contribution in [2.45, 2.75) is 5.60 Å². The quantitative estimate of drug-likeness (QED) is 0.859. The molecule has 1 aliphatic heterocycles. The lowest BCUT2D eigenvalue weighted by atomic mass is 9.93. The van der Waals surface area contributed by atoms with E-state index in [1.807, 2.05) is 36.4 Å². The molecule has 2 N–H and O–H groups in total. The highest BCUT2D eigenvalue weighted by Gasteiger charge is 2.37. The summed E-state index contributed by atoms with van der Waals surface area (Å²) in [6, 6.07) is 13.2. The Kier molecular flexibility index (Phi) is 2.74. The highest BCUT2D eigenvalue weighted by Crippen LogP contribution is 2.26. The smallest absolute Gasteiger partial charge is 0.145 e. The molecule has 18 heavy (non-hydrogen) atoms. The first-order chi connectivity index (χ1) is 8.76. The number of benzene rings is 1. The molecule has 0 saturated carbocycles. The van der Waals surface area contributed by atoms with Crippen LogP contribution in [0.15, 0.2) is 48.7 Å². The monoisotopic (exact) mass is 242 g/mol. The Bertz CT molecular complexity index is 521. The lowest BCUT2D eigenvalue weighted by Gasteiger charge is -2.36. The summed E-state index contributed by atoms with van der Waals surface area (Å²) in [6.07, 6.45) is 1.64. The third-order valence-electron chi connectivity index (χ3n) is 3.03. The number of hydrogen-bond acceptors (Lipinski definition) is 4. The molecule has 3 rings (SSSR count). The number of aliphatic hydroxyl groups is 1. The number of pyridine rings is 1. The van der Waals surface area contributed by atoms with Crippen molar-refractivity contribution >= 4 is 0 Å². The number of nitrogens with one attached hydrogen (secondary N) is 1. The topological polar surface area (TPSA) is 54.4 Å². The molecule has 4 nitrogen and oxygen atoms in total. The summed E-state index contributed by atoms with van der Waals surface area (Å²) < 4.78 is 5.64. The normalized spacial score (nSPS) is 16.9. The predicted octanol–water partition coefficient (Wildman–Crippen LogP) is 1.66. The largest absolute Gasteiger partial charge is 0.456 e. The average molecular weight is 242 g/mol. The minimum atomic E-state index is -0.814. The first-order valence-corrected chi connectivity index (χ1v) is 5.89. The molecule has 1 aromatic carbocycles. The third-order valence-corrected chi connectivity index (χ3v) is 3.03. The van der Waals surface area contributed by atoms with Gasteiger partial charge >= 0.3 is 0 Å². The highest BCUT2D eigenvalue weighted by atomic mass is 16.5. The van der Waals surface area contributed by atoms with Gasteiger partial charge in [0.15, 0.2) is 0 Å². The molecule has 92 valence electrons. The van der Waals surface area contributed by atoms with E-state index in [1.54, 1.807) is 12.3 Å². The van der Waals surface area contributed by atoms with Crippen molar-refractivity contribution in [1.82, 2.24) is 10.3 Å². The van der Waals surface area contributed by atoms with E-state index in [9.17, 15) is 5.11 Å². The van der Waals surface area contributed by atoms with Crippen LogP contribution in [-0.2, 0) is 5.60 Å². The standard InChI is InChI=1S/C14H14N2O2/c17-14(9-15-10-14)13-7-6-12(8-16-13)18-11-4-2-1-3-5-11/h1-8,15,17H,9-10H2. The number of rotatable bonds is 3. The van der Waals surface area contributed by atoms with Crippen molar-refractivity contribution in [2.75, 3.05) is 13.1 Å². The van der Waals surface area contributed by atoms with E-state index in [1.165, 1.54) is 0 Å². The lowest BCUT2D eigenvalue weighted by molar-refractivity contribution is -0.0186. The van der Waals surface area contributed by atoms with Crippen molar-refractivity contribution in [1.29, 1.82) is 0 Å². The molecule has 4 heteroatoms. The summed E-state index contributed by atoms with van der Waals surface area (Å²) in [6.45, 7) is 1.11. The molecule has 0 amide bonds. The van der Waals surface area contributed by atoms with Crippen molar-refractivity contribution in [2.24, 2.45) is 0 Å². The molecule has 0 unspecified atom stereocenters. The Balaban J connectivity index is 1.75. The van der Waals surface area contributed by atoms with Crippen LogP contribution in [0.3, 0.4) is 0 Å². The van der Waals surface area contributed by atoms with Gasteiger partial charge in [0.05, 0.1) is 11.9 Å². The zero-order chi connectivity index (χ0) is 12.4. The van der Waals surface area contributed by atoms with Gasteiger partial charge in [-0.1, -0.05) is 18.2 Å². The lowest BCUT2D eigenvalue weighted by Crippen LogP contribution is -2.57. The van der Waals surface area contributed by atoms with Crippen molar-refractivity contribution in [3.05, 3.63) is 54.4 Å². The van der Waals surface area contributed by atoms with Gasteiger partial charge in [0.25, 0.3) is 0 Å². The maximum Gasteiger partial charge on any atom is 0.145 e. The van der Waals surface area contributed by atoms with Crippen LogP contribution in [0, 0.1) is 0 Å². The first-order valence-electron chi connectivity index (χ1n) is 5.89. The molecule has 0 spiro atoms. The van der Waals surface area contributed by atoms with E-state index in [4.69, 9.17) is 4.74 Å². The maximum absolute atomic E-state index is 10.1. The average Bonchev–Trinajstić information content (AvgIpc) is 2.38. The van der Waals surface area contributed by atoms with E-state index in [0.29, 0.717) is 24.5 Å². The van der Waals surface area contributed by atoms with E-state index in [0.717, 1.165) is 5.75 Å². The van der Waals surface area contributed by atoms with Crippen LogP contribution in [0.5, 0.6) is 11.5 Å². The Hall–Kier alpha value is -1.91. The summed E-state index contributed by atoms with van der Waals surface area (Å²) in [7, 11) is 0. The van der Waals surface area contributed by atoms with Crippen LogP contribution in [-0.4, -0.2) is 23.2 Å². The van der Waals surface area contributed by atoms with Gasteiger partial charge in [0.2, 0.25) is 0 Å². The molecular formula is C14H14N2O2. The summed E-state index contributed by atoms with van der Waals surface area (Å²) in [5.41, 5.74) is -0.132. The highest BCUT2D eigenvalue weighted by molar-refractivity contribution is 5.31. The molecule has 1 aromatic heterocycles. The Morgan fingerprint density at radius 2 is 1.83 bits per heavy atom. The predicted molar refractivity (Wildman–Crippen MR) is 67.5 cm³/mol. The van der Waals surface area contributed by atoms with Gasteiger partial charge in [0, 0.05) is 13.1 Å². The van der Waals surface area contributed by atoms with Gasteiger partial charge in [-0.25, -0.2) is 0 Å². The number of hydrogen-bond donors (Lipinski definition) is 2. The Morgan fingerprint density at radius 1 is 1.06 bits per heavy atom. The number of ether oxygens (including phenoxy) is 1. The van der Waals surface area contributed by atoms with Crippen LogP contribution in [0.1, 0.15) is 5.69 Å². The molecule has 1 aliphatic rings. The number of aromatic nitrogens is 1.